The maximum atomic E-state index is 13.2. The number of imide groups is 1. The second kappa shape index (κ2) is 4.87. The number of rotatable bonds is 3. The number of aromatic nitrogens is 2. The van der Waals surface area contributed by atoms with Crippen LogP contribution in [-0.2, 0) is 6.54 Å². The summed E-state index contributed by atoms with van der Waals surface area (Å²) in [6.45, 7) is -0.182. The Balaban J connectivity index is 1.61. The SMILES string of the molecule is O=C1c2ccc(F)cc2C(=O)N1Cc1nc(-c2ccoc2)no1. The van der Waals surface area contributed by atoms with E-state index < -0.39 is 17.6 Å². The molecule has 23 heavy (non-hydrogen) atoms. The van der Waals surface area contributed by atoms with E-state index >= 15 is 0 Å². The Morgan fingerprint density at radius 2 is 1.96 bits per heavy atom. The van der Waals surface area contributed by atoms with E-state index in [-0.39, 0.29) is 29.4 Å². The molecule has 0 saturated carbocycles. The Bertz CT molecular complexity index is 917. The van der Waals surface area contributed by atoms with Crippen LogP contribution in [0.3, 0.4) is 0 Å². The van der Waals surface area contributed by atoms with Gasteiger partial charge in [0.25, 0.3) is 11.8 Å². The van der Waals surface area contributed by atoms with Crippen LogP contribution in [0.15, 0.2) is 45.7 Å². The molecule has 0 atom stereocenters. The van der Waals surface area contributed by atoms with Crippen molar-refractivity contribution in [3.8, 4) is 11.4 Å². The maximum absolute atomic E-state index is 13.2. The minimum atomic E-state index is -0.590. The fraction of sp³-hybridized carbons (Fsp3) is 0.0667. The van der Waals surface area contributed by atoms with Gasteiger partial charge in [-0.15, -0.1) is 0 Å². The molecule has 0 spiro atoms. The predicted octanol–water partition coefficient (Wildman–Crippen LogP) is 2.26. The molecule has 7 nitrogen and oxygen atoms in total. The Hall–Kier alpha value is -3.29. The van der Waals surface area contributed by atoms with E-state index in [1.807, 2.05) is 0 Å². The molecule has 3 heterocycles. The summed E-state index contributed by atoms with van der Waals surface area (Å²) in [5, 5.41) is 3.76. The lowest BCUT2D eigenvalue weighted by Crippen LogP contribution is -2.29. The first kappa shape index (κ1) is 13.4. The zero-order chi connectivity index (χ0) is 16.0. The van der Waals surface area contributed by atoms with Crippen LogP contribution in [0.2, 0.25) is 0 Å². The molecule has 4 rings (SSSR count). The van der Waals surface area contributed by atoms with Gasteiger partial charge in [-0.2, -0.15) is 4.98 Å². The molecule has 1 aliphatic heterocycles. The summed E-state index contributed by atoms with van der Waals surface area (Å²) in [5.41, 5.74) is 0.806. The normalized spacial score (nSPS) is 13.7. The van der Waals surface area contributed by atoms with E-state index in [1.165, 1.54) is 18.6 Å². The van der Waals surface area contributed by atoms with Crippen LogP contribution in [0.4, 0.5) is 4.39 Å². The van der Waals surface area contributed by atoms with E-state index in [0.29, 0.717) is 5.56 Å². The maximum Gasteiger partial charge on any atom is 0.262 e. The second-order valence-corrected chi connectivity index (χ2v) is 4.91. The molecule has 0 saturated heterocycles. The molecule has 0 bridgehead atoms. The molecule has 0 radical (unpaired) electrons. The standard InChI is InChI=1S/C15H8FN3O4/c16-9-1-2-10-11(5-9)15(21)19(14(10)20)6-12-17-13(18-23-12)8-3-4-22-7-8/h1-5,7H,6H2. The van der Waals surface area contributed by atoms with Gasteiger partial charge in [-0.1, -0.05) is 5.16 Å². The first-order valence-electron chi connectivity index (χ1n) is 6.64. The van der Waals surface area contributed by atoms with Gasteiger partial charge in [-0.05, 0) is 24.3 Å². The van der Waals surface area contributed by atoms with Crippen molar-refractivity contribution in [2.45, 2.75) is 6.54 Å². The summed E-state index contributed by atoms with van der Waals surface area (Å²) < 4.78 is 23.2. The predicted molar refractivity (Wildman–Crippen MR) is 72.6 cm³/mol. The van der Waals surface area contributed by atoms with Crippen LogP contribution in [0.1, 0.15) is 26.6 Å². The molecule has 1 aromatic carbocycles. The number of carbonyl (C=O) groups excluding carboxylic acids is 2. The van der Waals surface area contributed by atoms with E-state index in [2.05, 4.69) is 10.1 Å². The van der Waals surface area contributed by atoms with E-state index in [1.54, 1.807) is 6.07 Å². The Labute approximate surface area is 128 Å². The van der Waals surface area contributed by atoms with Gasteiger partial charge in [0, 0.05) is 0 Å². The number of benzene rings is 1. The van der Waals surface area contributed by atoms with Crippen LogP contribution in [0.5, 0.6) is 0 Å². The monoisotopic (exact) mass is 313 g/mol. The molecule has 2 amide bonds. The number of halogens is 1. The number of furan rings is 1. The van der Waals surface area contributed by atoms with Crippen LogP contribution < -0.4 is 0 Å². The molecular formula is C15H8FN3O4. The number of carbonyl (C=O) groups is 2. The van der Waals surface area contributed by atoms with E-state index in [9.17, 15) is 14.0 Å². The zero-order valence-corrected chi connectivity index (χ0v) is 11.5. The van der Waals surface area contributed by atoms with Crippen LogP contribution >= 0.6 is 0 Å². The summed E-state index contributed by atoms with van der Waals surface area (Å²) >= 11 is 0. The summed E-state index contributed by atoms with van der Waals surface area (Å²) in [6.07, 6.45) is 2.91. The third-order valence-electron chi connectivity index (χ3n) is 3.47. The van der Waals surface area contributed by atoms with Crippen molar-refractivity contribution < 1.29 is 22.9 Å². The van der Waals surface area contributed by atoms with Gasteiger partial charge < -0.3 is 8.94 Å². The van der Waals surface area contributed by atoms with Crippen molar-refractivity contribution in [2.75, 3.05) is 0 Å². The number of hydrogen-bond acceptors (Lipinski definition) is 6. The summed E-state index contributed by atoms with van der Waals surface area (Å²) in [6, 6.07) is 5.12. The Morgan fingerprint density at radius 1 is 1.13 bits per heavy atom. The molecule has 3 aromatic rings. The minimum Gasteiger partial charge on any atom is -0.472 e. The third kappa shape index (κ3) is 2.11. The number of hydrogen-bond donors (Lipinski definition) is 0. The number of amides is 2. The molecule has 8 heteroatoms. The lowest BCUT2D eigenvalue weighted by molar-refractivity contribution is 0.0625. The molecule has 0 aliphatic carbocycles. The highest BCUT2D eigenvalue weighted by Crippen LogP contribution is 2.25. The van der Waals surface area contributed by atoms with Gasteiger partial charge in [0.05, 0.1) is 23.0 Å². The summed E-state index contributed by atoms with van der Waals surface area (Å²) in [4.78, 5) is 29.5. The molecule has 2 aromatic heterocycles. The molecule has 0 unspecified atom stereocenters. The van der Waals surface area contributed by atoms with Crippen LogP contribution in [0.25, 0.3) is 11.4 Å². The number of fused-ring (bicyclic) bond motifs is 1. The molecule has 0 fully saturated rings. The van der Waals surface area contributed by atoms with Crippen molar-refractivity contribution in [3.05, 3.63) is 59.6 Å². The van der Waals surface area contributed by atoms with Gasteiger partial charge in [0.2, 0.25) is 11.7 Å². The average molecular weight is 313 g/mol. The van der Waals surface area contributed by atoms with Crippen molar-refractivity contribution in [1.82, 2.24) is 15.0 Å². The lowest BCUT2D eigenvalue weighted by atomic mass is 10.1. The van der Waals surface area contributed by atoms with Crippen LogP contribution in [0, 0.1) is 5.82 Å². The van der Waals surface area contributed by atoms with E-state index in [0.717, 1.165) is 17.0 Å². The highest BCUT2D eigenvalue weighted by atomic mass is 19.1. The fourth-order valence-electron chi connectivity index (χ4n) is 2.37. The minimum absolute atomic E-state index is 0.0320. The van der Waals surface area contributed by atoms with Gasteiger partial charge >= 0.3 is 0 Å². The summed E-state index contributed by atoms with van der Waals surface area (Å²) in [5.74, 6) is -1.31. The first-order valence-corrected chi connectivity index (χ1v) is 6.64. The summed E-state index contributed by atoms with van der Waals surface area (Å²) in [7, 11) is 0. The van der Waals surface area contributed by atoms with Crippen molar-refractivity contribution in [3.63, 3.8) is 0 Å². The Kier molecular flexibility index (Phi) is 2.83. The second-order valence-electron chi connectivity index (χ2n) is 4.91. The van der Waals surface area contributed by atoms with Crippen molar-refractivity contribution >= 4 is 11.8 Å². The topological polar surface area (TPSA) is 89.4 Å². The highest BCUT2D eigenvalue weighted by molar-refractivity contribution is 6.21. The fourth-order valence-corrected chi connectivity index (χ4v) is 2.37. The Morgan fingerprint density at radius 3 is 2.74 bits per heavy atom. The molecule has 1 aliphatic rings. The van der Waals surface area contributed by atoms with Gasteiger partial charge in [-0.25, -0.2) is 4.39 Å². The average Bonchev–Trinajstić information content (AvgIpc) is 3.25. The largest absolute Gasteiger partial charge is 0.472 e. The smallest absolute Gasteiger partial charge is 0.262 e. The third-order valence-corrected chi connectivity index (χ3v) is 3.47. The molecule has 0 N–H and O–H groups in total. The van der Waals surface area contributed by atoms with E-state index in [4.69, 9.17) is 8.94 Å². The molecular weight excluding hydrogens is 305 g/mol. The quantitative estimate of drug-likeness (QED) is 0.689. The highest BCUT2D eigenvalue weighted by Gasteiger charge is 2.36. The van der Waals surface area contributed by atoms with Crippen molar-refractivity contribution in [1.29, 1.82) is 0 Å². The lowest BCUT2D eigenvalue weighted by Gasteiger charge is -2.09. The van der Waals surface area contributed by atoms with Gasteiger partial charge in [-0.3, -0.25) is 14.5 Å². The van der Waals surface area contributed by atoms with Gasteiger partial charge in [0.1, 0.15) is 18.6 Å². The van der Waals surface area contributed by atoms with Crippen molar-refractivity contribution in [2.24, 2.45) is 0 Å². The van der Waals surface area contributed by atoms with Gasteiger partial charge in [0.15, 0.2) is 0 Å². The number of nitrogens with zero attached hydrogens (tertiary/aromatic N) is 3. The zero-order valence-electron chi connectivity index (χ0n) is 11.5. The van der Waals surface area contributed by atoms with Crippen LogP contribution in [-0.4, -0.2) is 26.9 Å². The first-order chi connectivity index (χ1) is 11.1. The molecule has 114 valence electrons.